The molecule has 0 aliphatic heterocycles. The summed E-state index contributed by atoms with van der Waals surface area (Å²) >= 11 is 1.83. The molecule has 45 heavy (non-hydrogen) atoms. The summed E-state index contributed by atoms with van der Waals surface area (Å²) in [5, 5.41) is 3.98. The molecule has 0 unspecified atom stereocenters. The number of hydrogen-bond acceptors (Lipinski definition) is 3. The second-order valence-corrected chi connectivity index (χ2v) is 18.6. The van der Waals surface area contributed by atoms with Crippen molar-refractivity contribution in [3.05, 3.63) is 139 Å². The number of thiophene rings is 1. The van der Waals surface area contributed by atoms with Gasteiger partial charge in [0.15, 0.2) is 0 Å². The van der Waals surface area contributed by atoms with E-state index in [1.54, 1.807) is 0 Å². The quantitative estimate of drug-likeness (QED) is 0.128. The molecule has 0 saturated heterocycles. The fraction of sp³-hybridized carbons (Fsp3) is 0.150. The second kappa shape index (κ2) is 14.1. The van der Waals surface area contributed by atoms with Crippen LogP contribution in [0.25, 0.3) is 53.8 Å². The molecule has 0 N–H and O–H groups in total. The minimum atomic E-state index is -1.23. The van der Waals surface area contributed by atoms with Crippen LogP contribution in [0, 0.1) is 12.1 Å². The monoisotopic (exact) mass is 797 g/mol. The number of rotatable bonds is 5. The van der Waals surface area contributed by atoms with E-state index in [9.17, 15) is 0 Å². The van der Waals surface area contributed by atoms with Gasteiger partial charge in [-0.05, 0) is 61.9 Å². The topological polar surface area (TPSA) is 25.8 Å². The van der Waals surface area contributed by atoms with E-state index in [0.29, 0.717) is 5.92 Å². The summed E-state index contributed by atoms with van der Waals surface area (Å²) in [4.78, 5) is 9.12. The first-order chi connectivity index (χ1) is 21.3. The van der Waals surface area contributed by atoms with Crippen molar-refractivity contribution in [2.75, 3.05) is 0 Å². The Morgan fingerprint density at radius 1 is 0.667 bits per heavy atom. The van der Waals surface area contributed by atoms with Crippen LogP contribution in [0.15, 0.2) is 122 Å². The zero-order valence-electron chi connectivity index (χ0n) is 26.3. The molecule has 0 aliphatic carbocycles. The molecule has 0 spiro atoms. The summed E-state index contributed by atoms with van der Waals surface area (Å²) < 4.78 is 2.58. The van der Waals surface area contributed by atoms with Crippen molar-refractivity contribution in [2.24, 2.45) is 0 Å². The molecule has 0 fully saturated rings. The van der Waals surface area contributed by atoms with Crippen molar-refractivity contribution in [2.45, 2.75) is 39.4 Å². The normalized spacial score (nSPS) is 11.2. The molecular formula is C40H36IrN2SSi-2. The summed E-state index contributed by atoms with van der Waals surface area (Å²) in [6.07, 6.45) is 3.92. The van der Waals surface area contributed by atoms with Gasteiger partial charge in [-0.2, -0.15) is 11.3 Å². The maximum atomic E-state index is 4.60. The third kappa shape index (κ3) is 7.57. The molecule has 7 rings (SSSR count). The van der Waals surface area contributed by atoms with Crippen LogP contribution in [0.3, 0.4) is 0 Å². The Balaban J connectivity index is 0.000000202. The minimum absolute atomic E-state index is 0. The van der Waals surface area contributed by atoms with E-state index in [1.165, 1.54) is 42.0 Å². The molecule has 7 aromatic rings. The molecule has 0 bridgehead atoms. The fourth-order valence-electron chi connectivity index (χ4n) is 5.18. The fourth-order valence-corrected chi connectivity index (χ4v) is 7.27. The number of hydrogen-bond donors (Lipinski definition) is 0. The van der Waals surface area contributed by atoms with Crippen LogP contribution >= 0.6 is 11.3 Å². The number of benzene rings is 4. The van der Waals surface area contributed by atoms with E-state index >= 15 is 0 Å². The van der Waals surface area contributed by atoms with E-state index in [1.807, 2.05) is 48.0 Å². The van der Waals surface area contributed by atoms with Gasteiger partial charge in [-0.25, -0.2) is 0 Å². The van der Waals surface area contributed by atoms with E-state index in [2.05, 4.69) is 141 Å². The average Bonchev–Trinajstić information content (AvgIpc) is 3.43. The van der Waals surface area contributed by atoms with Gasteiger partial charge in [0.25, 0.3) is 0 Å². The van der Waals surface area contributed by atoms with Crippen molar-refractivity contribution >= 4 is 44.8 Å². The van der Waals surface area contributed by atoms with Gasteiger partial charge in [-0.3, -0.25) is 0 Å². The molecular weight excluding hydrogens is 761 g/mol. The molecule has 1 radical (unpaired) electrons. The van der Waals surface area contributed by atoms with Crippen molar-refractivity contribution in [1.82, 2.24) is 9.97 Å². The first kappa shape index (κ1) is 32.7. The SMILES string of the molecule is CC(C)c1ccnc(-c2[c-]cc3sc4ccc(-c5ccccc5)cc4c3c2)c1.C[Si](C)(C)c1ccc(-c2[c-]cccc2)nc1.[Ir]. The van der Waals surface area contributed by atoms with Crippen LogP contribution in [0.1, 0.15) is 25.3 Å². The van der Waals surface area contributed by atoms with Crippen molar-refractivity contribution in [1.29, 1.82) is 0 Å². The van der Waals surface area contributed by atoms with Crippen molar-refractivity contribution in [3.63, 3.8) is 0 Å². The molecule has 3 heterocycles. The van der Waals surface area contributed by atoms with Crippen LogP contribution in [0.4, 0.5) is 0 Å². The summed E-state index contributed by atoms with van der Waals surface area (Å²) in [6.45, 7) is 11.4. The van der Waals surface area contributed by atoms with Gasteiger partial charge >= 0.3 is 0 Å². The maximum Gasteiger partial charge on any atom is 0.0795 e. The molecule has 2 nitrogen and oxygen atoms in total. The summed E-state index contributed by atoms with van der Waals surface area (Å²) in [5.41, 5.74) is 7.92. The molecule has 0 saturated carbocycles. The third-order valence-corrected chi connectivity index (χ3v) is 11.0. The van der Waals surface area contributed by atoms with Gasteiger partial charge in [0.2, 0.25) is 0 Å². The molecule has 3 aromatic heterocycles. The van der Waals surface area contributed by atoms with E-state index in [4.69, 9.17) is 0 Å². The Kier molecular flexibility index (Phi) is 10.3. The van der Waals surface area contributed by atoms with Gasteiger partial charge in [0.05, 0.1) is 8.07 Å². The van der Waals surface area contributed by atoms with Gasteiger partial charge in [0, 0.05) is 37.2 Å². The molecule has 5 heteroatoms. The van der Waals surface area contributed by atoms with E-state index in [-0.39, 0.29) is 20.1 Å². The Morgan fingerprint density at radius 2 is 1.44 bits per heavy atom. The second-order valence-electron chi connectivity index (χ2n) is 12.4. The average molecular weight is 797 g/mol. The summed E-state index contributed by atoms with van der Waals surface area (Å²) in [5.74, 6) is 0.487. The van der Waals surface area contributed by atoms with Crippen LogP contribution in [0.5, 0.6) is 0 Å². The Hall–Kier alpha value is -3.73. The molecule has 0 aliphatic rings. The van der Waals surface area contributed by atoms with Crippen molar-refractivity contribution in [3.8, 4) is 33.6 Å². The smallest absolute Gasteiger partial charge is 0.0795 e. The number of aromatic nitrogens is 2. The standard InChI is InChI=1S/C26H20NS.C14H16NSi.Ir/c1-17(2)19-12-13-27-24(16-19)21-9-11-26-23(15-21)22-14-20(8-10-25(22)28-26)18-6-4-3-5-7-18;1-16(2,3)13-9-10-14(15-11-13)12-7-5-4-6-8-12;/h3-8,10-17H,1-2H3;4-7,9-11H,1-3H3;/q2*-1;. The Labute approximate surface area is 285 Å². The number of fused-ring (bicyclic) bond motifs is 3. The predicted octanol–water partition coefficient (Wildman–Crippen LogP) is 10.8. The number of nitrogens with zero attached hydrogens (tertiary/aromatic N) is 2. The maximum absolute atomic E-state index is 4.60. The molecule has 0 atom stereocenters. The molecule has 227 valence electrons. The van der Waals surface area contributed by atoms with Crippen LogP contribution < -0.4 is 5.19 Å². The van der Waals surface area contributed by atoms with Gasteiger partial charge in [0.1, 0.15) is 0 Å². The van der Waals surface area contributed by atoms with Crippen LogP contribution in [-0.4, -0.2) is 18.0 Å². The van der Waals surface area contributed by atoms with Crippen LogP contribution in [-0.2, 0) is 20.1 Å². The predicted molar refractivity (Wildman–Crippen MR) is 192 cm³/mol. The zero-order valence-corrected chi connectivity index (χ0v) is 30.5. The summed E-state index contributed by atoms with van der Waals surface area (Å²) in [6, 6.07) is 44.8. The zero-order chi connectivity index (χ0) is 30.7. The first-order valence-corrected chi connectivity index (χ1v) is 19.4. The third-order valence-electron chi connectivity index (χ3n) is 7.85. The molecule has 0 amide bonds. The number of pyridine rings is 2. The minimum Gasteiger partial charge on any atom is -0.305 e. The Morgan fingerprint density at radius 3 is 2.13 bits per heavy atom. The Bertz CT molecular complexity index is 2010. The van der Waals surface area contributed by atoms with Gasteiger partial charge in [-0.1, -0.05) is 99.0 Å². The summed E-state index contributed by atoms with van der Waals surface area (Å²) in [7, 11) is -1.23. The first-order valence-electron chi connectivity index (χ1n) is 15.1. The van der Waals surface area contributed by atoms with Crippen molar-refractivity contribution < 1.29 is 20.1 Å². The van der Waals surface area contributed by atoms with Gasteiger partial charge in [-0.15, -0.1) is 59.7 Å². The van der Waals surface area contributed by atoms with E-state index < -0.39 is 8.07 Å². The molecule has 4 aromatic carbocycles. The largest absolute Gasteiger partial charge is 0.305 e. The van der Waals surface area contributed by atoms with E-state index in [0.717, 1.165) is 22.5 Å². The van der Waals surface area contributed by atoms with Gasteiger partial charge < -0.3 is 9.97 Å². The van der Waals surface area contributed by atoms with Crippen LogP contribution in [0.2, 0.25) is 19.6 Å².